The first kappa shape index (κ1) is 21.0. The predicted octanol–water partition coefficient (Wildman–Crippen LogP) is 2.82. The van der Waals surface area contributed by atoms with Gasteiger partial charge >= 0.3 is 0 Å². The Morgan fingerprint density at radius 1 is 1.23 bits per heavy atom. The van der Waals surface area contributed by atoms with E-state index in [0.29, 0.717) is 31.5 Å². The van der Waals surface area contributed by atoms with Crippen LogP contribution in [0.3, 0.4) is 0 Å². The zero-order valence-corrected chi connectivity index (χ0v) is 18.1. The van der Waals surface area contributed by atoms with Crippen molar-refractivity contribution in [2.75, 3.05) is 26.8 Å². The average Bonchev–Trinajstić information content (AvgIpc) is 3.15. The quantitative estimate of drug-likeness (QED) is 0.510. The van der Waals surface area contributed by atoms with Crippen LogP contribution in [0.4, 0.5) is 0 Å². The number of imide groups is 1. The topological polar surface area (TPSA) is 66.9 Å². The summed E-state index contributed by atoms with van der Waals surface area (Å²) in [7, 11) is 1.61. The summed E-state index contributed by atoms with van der Waals surface area (Å²) >= 11 is 0. The van der Waals surface area contributed by atoms with Crippen LogP contribution < -0.4 is 0 Å². The molecule has 2 bridgehead atoms. The standard InChI is InChI=1S/C24H32N2O4/c1-17-7-3-4-10-20(17)24(14-21(27)25(23(24)29)11-6-12-30-2)15-22(28)26-16-18-8-5-9-19(26)13-18/h3-4,7,10,18-19H,5-6,8-9,11-16H2,1-2H3/t18-,19+,24+/m0/s1. The average molecular weight is 413 g/mol. The van der Waals surface area contributed by atoms with Gasteiger partial charge < -0.3 is 9.64 Å². The van der Waals surface area contributed by atoms with Crippen LogP contribution in [0.15, 0.2) is 24.3 Å². The lowest BCUT2D eigenvalue weighted by molar-refractivity contribution is -0.143. The Morgan fingerprint density at radius 3 is 2.77 bits per heavy atom. The van der Waals surface area contributed by atoms with Gasteiger partial charge in [-0.05, 0) is 49.7 Å². The lowest BCUT2D eigenvalue weighted by atomic mass is 9.74. The van der Waals surface area contributed by atoms with Crippen molar-refractivity contribution < 1.29 is 19.1 Å². The molecule has 3 aliphatic rings. The summed E-state index contributed by atoms with van der Waals surface area (Å²) in [6, 6.07) is 7.98. The maximum absolute atomic E-state index is 13.7. The van der Waals surface area contributed by atoms with Crippen LogP contribution in [0.5, 0.6) is 0 Å². The smallest absolute Gasteiger partial charge is 0.240 e. The normalized spacial score (nSPS) is 28.5. The Hall–Kier alpha value is -2.21. The number of ether oxygens (including phenoxy) is 1. The first-order valence-corrected chi connectivity index (χ1v) is 11.2. The van der Waals surface area contributed by atoms with Gasteiger partial charge in [0.2, 0.25) is 17.7 Å². The van der Waals surface area contributed by atoms with Gasteiger partial charge in [0, 0.05) is 45.7 Å². The van der Waals surface area contributed by atoms with Crippen LogP contribution >= 0.6 is 0 Å². The van der Waals surface area contributed by atoms with Crippen molar-refractivity contribution in [1.82, 2.24) is 9.80 Å². The largest absolute Gasteiger partial charge is 0.385 e. The fraction of sp³-hybridized carbons (Fsp3) is 0.625. The zero-order chi connectivity index (χ0) is 21.3. The Bertz CT molecular complexity index is 838. The fourth-order valence-electron chi connectivity index (χ4n) is 5.75. The number of hydrogen-bond acceptors (Lipinski definition) is 4. The van der Waals surface area contributed by atoms with Crippen molar-refractivity contribution in [1.29, 1.82) is 0 Å². The van der Waals surface area contributed by atoms with Crippen LogP contribution in [-0.2, 0) is 24.5 Å². The predicted molar refractivity (Wildman–Crippen MR) is 113 cm³/mol. The number of methoxy groups -OCH3 is 1. The molecule has 2 heterocycles. The Labute approximate surface area is 178 Å². The Morgan fingerprint density at radius 2 is 2.03 bits per heavy atom. The van der Waals surface area contributed by atoms with E-state index >= 15 is 0 Å². The minimum atomic E-state index is -1.09. The summed E-state index contributed by atoms with van der Waals surface area (Å²) in [6.45, 7) is 3.58. The molecule has 0 aromatic heterocycles. The molecule has 1 aromatic rings. The van der Waals surface area contributed by atoms with Crippen molar-refractivity contribution >= 4 is 17.7 Å². The van der Waals surface area contributed by atoms with E-state index in [9.17, 15) is 14.4 Å². The van der Waals surface area contributed by atoms with Gasteiger partial charge in [-0.3, -0.25) is 19.3 Å². The molecule has 0 N–H and O–H groups in total. The molecule has 30 heavy (non-hydrogen) atoms. The van der Waals surface area contributed by atoms with Crippen molar-refractivity contribution in [3.05, 3.63) is 35.4 Å². The summed E-state index contributed by atoms with van der Waals surface area (Å²) in [5.41, 5.74) is 0.668. The van der Waals surface area contributed by atoms with Gasteiger partial charge in [-0.15, -0.1) is 0 Å². The number of benzene rings is 1. The van der Waals surface area contributed by atoms with E-state index in [1.54, 1.807) is 7.11 Å². The third-order valence-corrected chi connectivity index (χ3v) is 7.22. The van der Waals surface area contributed by atoms with Gasteiger partial charge in [-0.1, -0.05) is 30.7 Å². The van der Waals surface area contributed by atoms with Gasteiger partial charge in [0.05, 0.1) is 5.41 Å². The Balaban J connectivity index is 1.64. The molecule has 1 aliphatic carbocycles. The van der Waals surface area contributed by atoms with Gasteiger partial charge in [-0.25, -0.2) is 0 Å². The number of nitrogens with zero attached hydrogens (tertiary/aromatic N) is 2. The highest BCUT2D eigenvalue weighted by Crippen LogP contribution is 2.43. The maximum atomic E-state index is 13.7. The number of hydrogen-bond donors (Lipinski definition) is 0. The molecule has 4 rings (SSSR count). The molecule has 3 atom stereocenters. The van der Waals surface area contributed by atoms with Crippen molar-refractivity contribution in [3.8, 4) is 0 Å². The summed E-state index contributed by atoms with van der Waals surface area (Å²) in [6.07, 6.45) is 5.24. The third kappa shape index (κ3) is 3.66. The number of rotatable bonds is 7. The van der Waals surface area contributed by atoms with E-state index in [1.165, 1.54) is 17.7 Å². The molecule has 0 spiro atoms. The monoisotopic (exact) mass is 412 g/mol. The number of carbonyl (C=O) groups is 3. The van der Waals surface area contributed by atoms with Crippen LogP contribution in [0.1, 0.15) is 56.1 Å². The molecule has 1 saturated carbocycles. The number of likely N-dealkylation sites (tertiary alicyclic amines) is 2. The van der Waals surface area contributed by atoms with E-state index in [1.807, 2.05) is 36.1 Å². The summed E-state index contributed by atoms with van der Waals surface area (Å²) in [4.78, 5) is 43.4. The molecule has 3 amide bonds. The highest BCUT2D eigenvalue weighted by molar-refractivity contribution is 6.11. The van der Waals surface area contributed by atoms with E-state index < -0.39 is 5.41 Å². The lowest BCUT2D eigenvalue weighted by Gasteiger charge is -2.32. The van der Waals surface area contributed by atoms with Crippen molar-refractivity contribution in [2.45, 2.75) is 63.3 Å². The summed E-state index contributed by atoms with van der Waals surface area (Å²) < 4.78 is 5.09. The highest BCUT2D eigenvalue weighted by Gasteiger charge is 2.55. The first-order chi connectivity index (χ1) is 14.5. The minimum absolute atomic E-state index is 0.0209. The second-order valence-corrected chi connectivity index (χ2v) is 9.18. The van der Waals surface area contributed by atoms with Crippen molar-refractivity contribution in [2.24, 2.45) is 5.92 Å². The molecule has 2 aliphatic heterocycles. The van der Waals surface area contributed by atoms with Gasteiger partial charge in [0.1, 0.15) is 0 Å². The molecule has 3 fully saturated rings. The van der Waals surface area contributed by atoms with E-state index in [0.717, 1.165) is 30.5 Å². The first-order valence-electron chi connectivity index (χ1n) is 11.2. The number of fused-ring (bicyclic) bond motifs is 2. The summed E-state index contributed by atoms with van der Waals surface area (Å²) in [5.74, 6) is 0.196. The number of carbonyl (C=O) groups excluding carboxylic acids is 3. The SMILES string of the molecule is COCCCN1C(=O)C[C@@](CC(=O)N2C[C@H]3CCC[C@@H]2C3)(c2ccccc2C)C1=O. The molecule has 0 unspecified atom stereocenters. The Kier molecular flexibility index (Phi) is 5.96. The van der Waals surface area contributed by atoms with Gasteiger partial charge in [0.15, 0.2) is 0 Å². The number of aryl methyl sites for hydroxylation is 1. The third-order valence-electron chi connectivity index (χ3n) is 7.22. The molecule has 2 saturated heterocycles. The van der Waals surface area contributed by atoms with E-state index in [4.69, 9.17) is 4.74 Å². The molecule has 1 aromatic carbocycles. The zero-order valence-electron chi connectivity index (χ0n) is 18.1. The maximum Gasteiger partial charge on any atom is 0.240 e. The molecule has 0 radical (unpaired) electrons. The van der Waals surface area contributed by atoms with Crippen LogP contribution in [0, 0.1) is 12.8 Å². The molecule has 6 heteroatoms. The van der Waals surface area contributed by atoms with E-state index in [-0.39, 0.29) is 30.6 Å². The van der Waals surface area contributed by atoms with Gasteiger partial charge in [0.25, 0.3) is 0 Å². The minimum Gasteiger partial charge on any atom is -0.385 e. The molecule has 162 valence electrons. The molecular weight excluding hydrogens is 380 g/mol. The second kappa shape index (κ2) is 8.50. The van der Waals surface area contributed by atoms with Crippen LogP contribution in [-0.4, -0.2) is 60.4 Å². The fourth-order valence-corrected chi connectivity index (χ4v) is 5.75. The highest BCUT2D eigenvalue weighted by atomic mass is 16.5. The van der Waals surface area contributed by atoms with E-state index in [2.05, 4.69) is 0 Å². The molecule has 6 nitrogen and oxygen atoms in total. The lowest BCUT2D eigenvalue weighted by Crippen LogP contribution is -2.45. The van der Waals surface area contributed by atoms with Crippen molar-refractivity contribution in [3.63, 3.8) is 0 Å². The van der Waals surface area contributed by atoms with Crippen LogP contribution in [0.2, 0.25) is 0 Å². The van der Waals surface area contributed by atoms with Gasteiger partial charge in [-0.2, -0.15) is 0 Å². The number of amides is 3. The summed E-state index contributed by atoms with van der Waals surface area (Å²) in [5, 5.41) is 0. The van der Waals surface area contributed by atoms with Crippen LogP contribution in [0.25, 0.3) is 0 Å². The molecular formula is C24H32N2O4. The second-order valence-electron chi connectivity index (χ2n) is 9.18.